The second-order valence-corrected chi connectivity index (χ2v) is 5.67. The first-order valence-electron chi connectivity index (χ1n) is 7.85. The molecule has 136 valence electrons. The molecule has 0 saturated heterocycles. The summed E-state index contributed by atoms with van der Waals surface area (Å²) in [5, 5.41) is 3.08. The van der Waals surface area contributed by atoms with E-state index in [9.17, 15) is 14.4 Å². The molecule has 7 nitrogen and oxygen atoms in total. The molecule has 2 rings (SSSR count). The lowest BCUT2D eigenvalue weighted by molar-refractivity contribution is -0.121. The average molecular weight is 376 g/mol. The van der Waals surface area contributed by atoms with Crippen molar-refractivity contribution in [1.82, 2.24) is 10.9 Å². The number of anilines is 1. The third kappa shape index (κ3) is 6.10. The number of hydrogen-bond acceptors (Lipinski definition) is 4. The first-order chi connectivity index (χ1) is 12.5. The number of nitrogens with one attached hydrogen (secondary N) is 3. The van der Waals surface area contributed by atoms with Crippen LogP contribution in [0.5, 0.6) is 0 Å². The highest BCUT2D eigenvalue weighted by atomic mass is 35.5. The van der Waals surface area contributed by atoms with Gasteiger partial charge in [-0.3, -0.25) is 25.8 Å². The number of benzene rings is 2. The number of ether oxygens (including phenoxy) is 1. The van der Waals surface area contributed by atoms with Crippen molar-refractivity contribution >= 4 is 35.2 Å². The lowest BCUT2D eigenvalue weighted by Gasteiger charge is -2.09. The van der Waals surface area contributed by atoms with Crippen molar-refractivity contribution in [1.29, 1.82) is 0 Å². The number of hydrogen-bond donors (Lipinski definition) is 3. The fourth-order valence-corrected chi connectivity index (χ4v) is 2.18. The van der Waals surface area contributed by atoms with E-state index in [4.69, 9.17) is 16.3 Å². The van der Waals surface area contributed by atoms with E-state index in [2.05, 4.69) is 16.2 Å². The fourth-order valence-electron chi connectivity index (χ4n) is 2.05. The molecule has 0 aliphatic rings. The largest absolute Gasteiger partial charge is 0.450 e. The minimum Gasteiger partial charge on any atom is -0.450 e. The molecular formula is C18H18ClN3O4. The topological polar surface area (TPSA) is 96.5 Å². The number of rotatable bonds is 5. The van der Waals surface area contributed by atoms with Gasteiger partial charge in [0.1, 0.15) is 0 Å². The Morgan fingerprint density at radius 3 is 2.46 bits per heavy atom. The minimum atomic E-state index is -0.610. The van der Waals surface area contributed by atoms with E-state index < -0.39 is 12.0 Å². The first-order valence-corrected chi connectivity index (χ1v) is 8.23. The Morgan fingerprint density at radius 2 is 1.77 bits per heavy atom. The highest BCUT2D eigenvalue weighted by Gasteiger charge is 2.10. The summed E-state index contributed by atoms with van der Waals surface area (Å²) in [6, 6.07) is 13.1. The van der Waals surface area contributed by atoms with E-state index >= 15 is 0 Å². The quantitative estimate of drug-likeness (QED) is 0.700. The third-order valence-corrected chi connectivity index (χ3v) is 3.49. The monoisotopic (exact) mass is 375 g/mol. The summed E-state index contributed by atoms with van der Waals surface area (Å²) < 4.78 is 4.77. The molecule has 0 radical (unpaired) electrons. The van der Waals surface area contributed by atoms with Gasteiger partial charge in [0, 0.05) is 16.3 Å². The highest BCUT2D eigenvalue weighted by molar-refractivity contribution is 6.30. The van der Waals surface area contributed by atoms with Crippen LogP contribution in [0.1, 0.15) is 22.8 Å². The normalized spacial score (nSPS) is 9.92. The Hall–Kier alpha value is -3.06. The number of carbonyl (C=O) groups excluding carboxylic acids is 3. The van der Waals surface area contributed by atoms with Crippen molar-refractivity contribution < 1.29 is 19.1 Å². The number of carbonyl (C=O) groups is 3. The lowest BCUT2D eigenvalue weighted by atomic mass is 10.1. The van der Waals surface area contributed by atoms with Crippen LogP contribution in [-0.4, -0.2) is 24.5 Å². The zero-order valence-electron chi connectivity index (χ0n) is 14.0. The van der Waals surface area contributed by atoms with Crippen molar-refractivity contribution in [3.63, 3.8) is 0 Å². The maximum atomic E-state index is 12.1. The van der Waals surface area contributed by atoms with Crippen molar-refractivity contribution in [3.05, 3.63) is 64.7 Å². The van der Waals surface area contributed by atoms with Crippen LogP contribution < -0.4 is 16.2 Å². The summed E-state index contributed by atoms with van der Waals surface area (Å²) in [5.74, 6) is -0.886. The Morgan fingerprint density at radius 1 is 1.04 bits per heavy atom. The van der Waals surface area contributed by atoms with Gasteiger partial charge in [0.15, 0.2) is 0 Å². The molecule has 0 unspecified atom stereocenters. The second kappa shape index (κ2) is 9.43. The molecule has 3 N–H and O–H groups in total. The fraction of sp³-hybridized carbons (Fsp3) is 0.167. The van der Waals surface area contributed by atoms with Crippen molar-refractivity contribution in [2.45, 2.75) is 13.3 Å². The molecule has 0 aliphatic heterocycles. The number of hydrazine groups is 1. The van der Waals surface area contributed by atoms with E-state index in [1.807, 2.05) is 0 Å². The molecule has 0 aromatic heterocycles. The molecule has 8 heteroatoms. The number of halogens is 1. The molecular weight excluding hydrogens is 358 g/mol. The van der Waals surface area contributed by atoms with Crippen LogP contribution in [0.15, 0.2) is 48.5 Å². The molecule has 2 aromatic rings. The van der Waals surface area contributed by atoms with E-state index in [0.717, 1.165) is 5.56 Å². The molecule has 0 fully saturated rings. The predicted octanol–water partition coefficient (Wildman–Crippen LogP) is 2.91. The molecule has 0 heterocycles. The zero-order chi connectivity index (χ0) is 18.9. The maximum absolute atomic E-state index is 12.1. The van der Waals surface area contributed by atoms with Crippen molar-refractivity contribution in [3.8, 4) is 0 Å². The van der Waals surface area contributed by atoms with E-state index in [1.165, 1.54) is 6.07 Å². The molecule has 3 amide bonds. The highest BCUT2D eigenvalue weighted by Crippen LogP contribution is 2.11. The van der Waals surface area contributed by atoms with Gasteiger partial charge >= 0.3 is 6.09 Å². The summed E-state index contributed by atoms with van der Waals surface area (Å²) in [7, 11) is 0. The maximum Gasteiger partial charge on any atom is 0.411 e. The van der Waals surface area contributed by atoms with Crippen LogP contribution in [0.4, 0.5) is 10.5 Å². The Kier molecular flexibility index (Phi) is 6.99. The van der Waals surface area contributed by atoms with E-state index in [1.54, 1.807) is 49.4 Å². The van der Waals surface area contributed by atoms with Crippen LogP contribution in [0.3, 0.4) is 0 Å². The smallest absolute Gasteiger partial charge is 0.411 e. The molecule has 0 bridgehead atoms. The number of amides is 3. The predicted molar refractivity (Wildman–Crippen MR) is 97.9 cm³/mol. The van der Waals surface area contributed by atoms with Gasteiger partial charge in [0.2, 0.25) is 5.91 Å². The molecule has 0 saturated carbocycles. The van der Waals surface area contributed by atoms with Crippen molar-refractivity contribution in [2.75, 3.05) is 11.9 Å². The summed E-state index contributed by atoms with van der Waals surface area (Å²) in [6.45, 7) is 1.93. The molecule has 0 spiro atoms. The second-order valence-electron chi connectivity index (χ2n) is 5.23. The van der Waals surface area contributed by atoms with Gasteiger partial charge in [-0.25, -0.2) is 4.79 Å². The standard InChI is InChI=1S/C18H18ClN3O4/c1-2-26-18(25)20-15-5-3-4-13(11-15)17(24)22-21-16(23)10-12-6-8-14(19)9-7-12/h3-9,11H,2,10H2,1H3,(H,20,25)(H,21,23)(H,22,24). The Balaban J connectivity index is 1.88. The summed E-state index contributed by atoms with van der Waals surface area (Å²) in [4.78, 5) is 35.4. The third-order valence-electron chi connectivity index (χ3n) is 3.24. The van der Waals surface area contributed by atoms with Gasteiger partial charge < -0.3 is 4.74 Å². The van der Waals surface area contributed by atoms with Gasteiger partial charge in [0.25, 0.3) is 5.91 Å². The van der Waals surface area contributed by atoms with Crippen molar-refractivity contribution in [2.24, 2.45) is 0 Å². The summed E-state index contributed by atoms with van der Waals surface area (Å²) >= 11 is 5.79. The van der Waals surface area contributed by atoms with Crippen LogP contribution >= 0.6 is 11.6 Å². The van der Waals surface area contributed by atoms with Crippen LogP contribution in [-0.2, 0) is 16.0 Å². The van der Waals surface area contributed by atoms with Crippen LogP contribution in [0.25, 0.3) is 0 Å². The first kappa shape index (κ1) is 19.3. The molecule has 0 atom stereocenters. The molecule has 26 heavy (non-hydrogen) atoms. The zero-order valence-corrected chi connectivity index (χ0v) is 14.8. The molecule has 0 aliphatic carbocycles. The minimum absolute atomic E-state index is 0.0991. The van der Waals surface area contributed by atoms with Gasteiger partial charge in [-0.1, -0.05) is 29.8 Å². The van der Waals surface area contributed by atoms with Gasteiger partial charge in [-0.15, -0.1) is 0 Å². The molecule has 2 aromatic carbocycles. The van der Waals surface area contributed by atoms with Gasteiger partial charge in [-0.2, -0.15) is 0 Å². The Bertz CT molecular complexity index is 793. The Labute approximate surface area is 155 Å². The van der Waals surface area contributed by atoms with E-state index in [-0.39, 0.29) is 24.5 Å². The van der Waals surface area contributed by atoms with Crippen LogP contribution in [0, 0.1) is 0 Å². The van der Waals surface area contributed by atoms with Gasteiger partial charge in [0.05, 0.1) is 13.0 Å². The van der Waals surface area contributed by atoms with Crippen LogP contribution in [0.2, 0.25) is 5.02 Å². The van der Waals surface area contributed by atoms with E-state index in [0.29, 0.717) is 10.7 Å². The summed E-state index contributed by atoms with van der Waals surface area (Å²) in [6.07, 6.45) is -0.511. The SMILES string of the molecule is CCOC(=O)Nc1cccc(C(=O)NNC(=O)Cc2ccc(Cl)cc2)c1. The van der Waals surface area contributed by atoms with Gasteiger partial charge in [-0.05, 0) is 42.8 Å². The summed E-state index contributed by atoms with van der Waals surface area (Å²) in [5.41, 5.74) is 6.11. The average Bonchev–Trinajstić information content (AvgIpc) is 2.62. The lowest BCUT2D eigenvalue weighted by Crippen LogP contribution is -2.42.